The number of allylic oxidation sites excluding steroid dienone is 2. The molecule has 1 saturated carbocycles. The lowest BCUT2D eigenvalue weighted by Gasteiger charge is -2.50. The van der Waals surface area contributed by atoms with Crippen LogP contribution in [0.15, 0.2) is 84.6 Å². The Morgan fingerprint density at radius 3 is 1.97 bits per heavy atom. The van der Waals surface area contributed by atoms with E-state index in [1.54, 1.807) is 13.0 Å². The zero-order valence-electron chi connectivity index (χ0n) is 30.9. The largest absolute Gasteiger partial charge is 0.508 e. The molecule has 3 aromatic carbocycles. The average Bonchev–Trinajstić information content (AvgIpc) is 3.56. The van der Waals surface area contributed by atoms with Gasteiger partial charge in [0.15, 0.2) is 5.82 Å². The molecule has 4 aliphatic rings. The zero-order valence-corrected chi connectivity index (χ0v) is 32.4. The molecule has 4 amide bonds. The first-order chi connectivity index (χ1) is 28.4. The van der Waals surface area contributed by atoms with Crippen LogP contribution in [0.4, 0.5) is 51.0 Å². The third-order valence-electron chi connectivity index (χ3n) is 11.9. The number of alkyl halides is 9. The number of anilines is 2. The van der Waals surface area contributed by atoms with E-state index in [1.165, 1.54) is 42.5 Å². The van der Waals surface area contributed by atoms with E-state index in [0.29, 0.717) is 38.9 Å². The molecule has 2 aliphatic heterocycles. The van der Waals surface area contributed by atoms with Gasteiger partial charge in [0.1, 0.15) is 5.75 Å². The van der Waals surface area contributed by atoms with Crippen LogP contribution in [0.5, 0.6) is 5.75 Å². The number of benzene rings is 3. The Hall–Kier alpha value is -5.62. The Morgan fingerprint density at radius 1 is 0.770 bits per heavy atom. The minimum absolute atomic E-state index is 0.140. The standard InChI is InChI=1S/C41H27Cl2F9N4O5/c1-17-10-18(2-9-30(17)57)32-25-7-8-26-31(36(60)55(34(26)58)24-12-20(39(44,45)46)11-21(13-24)40(47,48)49)27(25)15-28-35(59)56(37(61)38(28,32)19-3-5-23(42)6-4-19)54-33-29(43)14-22(16-53-33)41(50,51)52/h2-7,9-14,16,26-28,31-32,57H,8,15H2,1H3,(H,53,54). The minimum Gasteiger partial charge on any atom is -0.508 e. The first-order valence-electron chi connectivity index (χ1n) is 18.2. The number of phenolic OH excluding ortho intramolecular Hbond substituents is 1. The molecule has 8 rings (SSSR count). The van der Waals surface area contributed by atoms with Crippen molar-refractivity contribution in [3.8, 4) is 5.75 Å². The van der Waals surface area contributed by atoms with Crippen molar-refractivity contribution < 1.29 is 63.8 Å². The van der Waals surface area contributed by atoms with E-state index in [4.69, 9.17) is 23.2 Å². The Balaban J connectivity index is 1.30. The van der Waals surface area contributed by atoms with Crippen LogP contribution in [0.25, 0.3) is 0 Å². The van der Waals surface area contributed by atoms with Gasteiger partial charge in [-0.1, -0.05) is 59.1 Å². The van der Waals surface area contributed by atoms with Crippen LogP contribution >= 0.6 is 23.2 Å². The predicted molar refractivity (Wildman–Crippen MR) is 199 cm³/mol. The summed E-state index contributed by atoms with van der Waals surface area (Å²) in [5.41, 5.74) is -4.02. The summed E-state index contributed by atoms with van der Waals surface area (Å²) in [6.45, 7) is 1.55. The van der Waals surface area contributed by atoms with Crippen LogP contribution in [0.3, 0.4) is 0 Å². The van der Waals surface area contributed by atoms with E-state index in [-0.39, 0.29) is 47.4 Å². The van der Waals surface area contributed by atoms with Crippen molar-refractivity contribution in [1.29, 1.82) is 0 Å². The molecule has 6 atom stereocenters. The second-order valence-corrected chi connectivity index (χ2v) is 16.1. The first kappa shape index (κ1) is 42.1. The lowest BCUT2D eigenvalue weighted by Crippen LogP contribution is -2.53. The monoisotopic (exact) mass is 896 g/mol. The van der Waals surface area contributed by atoms with Crippen LogP contribution in [0, 0.1) is 30.6 Å². The second-order valence-electron chi connectivity index (χ2n) is 15.2. The summed E-state index contributed by atoms with van der Waals surface area (Å²) in [6.07, 6.45) is -14.1. The fourth-order valence-corrected chi connectivity index (χ4v) is 9.67. The number of hydrogen-bond donors (Lipinski definition) is 2. The summed E-state index contributed by atoms with van der Waals surface area (Å²) >= 11 is 12.5. The fourth-order valence-electron chi connectivity index (χ4n) is 9.34. The van der Waals surface area contributed by atoms with E-state index in [9.17, 15) is 59.0 Å². The number of rotatable bonds is 5. The van der Waals surface area contributed by atoms with Crippen LogP contribution in [0.2, 0.25) is 10.0 Å². The van der Waals surface area contributed by atoms with Crippen molar-refractivity contribution in [2.24, 2.45) is 23.7 Å². The SMILES string of the molecule is Cc1cc(C2C3=CCC4C(=O)N(c5cc(C(F)(F)F)cc(C(F)(F)F)c5)C(=O)C4C3CC3C(=O)N(Nc4ncc(C(F)(F)F)cc4Cl)C(=O)C32c2ccc(Cl)cc2)ccc1O. The van der Waals surface area contributed by atoms with Gasteiger partial charge in [0.05, 0.1) is 50.6 Å². The van der Waals surface area contributed by atoms with Gasteiger partial charge in [-0.3, -0.25) is 24.6 Å². The lowest BCUT2D eigenvalue weighted by atomic mass is 9.49. The van der Waals surface area contributed by atoms with Crippen LogP contribution in [-0.4, -0.2) is 38.7 Å². The normalized spacial score (nSPS) is 25.4. The van der Waals surface area contributed by atoms with Gasteiger partial charge in [-0.15, -0.1) is 0 Å². The number of imide groups is 2. The van der Waals surface area contributed by atoms with Crippen LogP contribution in [0.1, 0.15) is 52.1 Å². The third-order valence-corrected chi connectivity index (χ3v) is 12.5. The van der Waals surface area contributed by atoms with Gasteiger partial charge in [0, 0.05) is 17.1 Å². The van der Waals surface area contributed by atoms with E-state index < -0.39 is 110 Å². The Morgan fingerprint density at radius 2 is 1.39 bits per heavy atom. The summed E-state index contributed by atoms with van der Waals surface area (Å²) in [7, 11) is 0. The molecule has 0 radical (unpaired) electrons. The van der Waals surface area contributed by atoms with Gasteiger partial charge in [0.2, 0.25) is 11.8 Å². The number of nitrogens with one attached hydrogen (secondary N) is 1. The highest BCUT2D eigenvalue weighted by atomic mass is 35.5. The first-order valence-corrected chi connectivity index (χ1v) is 19.0. The number of hydrogen-bond acceptors (Lipinski definition) is 7. The number of nitrogens with zero attached hydrogens (tertiary/aromatic N) is 3. The molecular weight excluding hydrogens is 870 g/mol. The smallest absolute Gasteiger partial charge is 0.417 e. The zero-order chi connectivity index (χ0) is 44.3. The highest BCUT2D eigenvalue weighted by molar-refractivity contribution is 6.33. The number of phenols is 1. The molecule has 0 bridgehead atoms. The van der Waals surface area contributed by atoms with Crippen molar-refractivity contribution >= 4 is 58.3 Å². The van der Waals surface area contributed by atoms with Gasteiger partial charge >= 0.3 is 18.5 Å². The van der Waals surface area contributed by atoms with Gasteiger partial charge in [-0.05, 0) is 84.8 Å². The quantitative estimate of drug-likeness (QED) is 0.116. The summed E-state index contributed by atoms with van der Waals surface area (Å²) in [5.74, 6) is -11.4. The van der Waals surface area contributed by atoms with Crippen LogP contribution in [-0.2, 0) is 43.1 Å². The molecule has 1 aromatic heterocycles. The van der Waals surface area contributed by atoms with E-state index >= 15 is 4.79 Å². The number of amides is 4. The maximum atomic E-state index is 15.3. The molecule has 3 fully saturated rings. The summed E-state index contributed by atoms with van der Waals surface area (Å²) in [6, 6.07) is 11.1. The average molecular weight is 898 g/mol. The maximum absolute atomic E-state index is 15.3. The van der Waals surface area contributed by atoms with Gasteiger partial charge < -0.3 is 5.11 Å². The summed E-state index contributed by atoms with van der Waals surface area (Å²) in [5, 5.41) is 10.7. The molecule has 318 valence electrons. The molecular formula is C41H27Cl2F9N4O5. The number of carbonyl (C=O) groups excluding carboxylic acids is 4. The van der Waals surface area contributed by atoms with E-state index in [2.05, 4.69) is 10.4 Å². The molecule has 2 aliphatic carbocycles. The maximum Gasteiger partial charge on any atom is 0.417 e. The number of fused-ring (bicyclic) bond motifs is 4. The number of pyridine rings is 1. The third kappa shape index (κ3) is 6.69. The van der Waals surface area contributed by atoms with Gasteiger partial charge in [0.25, 0.3) is 11.8 Å². The van der Waals surface area contributed by atoms with E-state index in [0.717, 1.165) is 0 Å². The van der Waals surface area contributed by atoms with Crippen molar-refractivity contribution in [1.82, 2.24) is 9.99 Å². The summed E-state index contributed by atoms with van der Waals surface area (Å²) in [4.78, 5) is 62.7. The van der Waals surface area contributed by atoms with Gasteiger partial charge in [-0.25, -0.2) is 9.88 Å². The molecule has 6 unspecified atom stereocenters. The number of aromatic nitrogens is 1. The molecule has 9 nitrogen and oxygen atoms in total. The van der Waals surface area contributed by atoms with Crippen LogP contribution < -0.4 is 10.3 Å². The summed E-state index contributed by atoms with van der Waals surface area (Å²) < 4.78 is 124. The number of carbonyl (C=O) groups is 4. The van der Waals surface area contributed by atoms with Crippen molar-refractivity contribution in [2.75, 3.05) is 10.3 Å². The highest BCUT2D eigenvalue weighted by Crippen LogP contribution is 2.64. The Labute approximate surface area is 348 Å². The fraction of sp³-hybridized carbons (Fsp3) is 0.293. The lowest BCUT2D eigenvalue weighted by molar-refractivity contribution is -0.143. The minimum atomic E-state index is -5.30. The second kappa shape index (κ2) is 14.2. The van der Waals surface area contributed by atoms with Gasteiger partial charge in [-0.2, -0.15) is 44.5 Å². The molecule has 20 heteroatoms. The molecule has 4 aromatic rings. The molecule has 0 spiro atoms. The number of halogens is 11. The molecule has 2 saturated heterocycles. The Bertz CT molecular complexity index is 2550. The number of hydrazine groups is 1. The molecule has 2 N–H and O–H groups in total. The highest BCUT2D eigenvalue weighted by Gasteiger charge is 2.70. The van der Waals surface area contributed by atoms with Crippen molar-refractivity contribution in [3.63, 3.8) is 0 Å². The topological polar surface area (TPSA) is 120 Å². The molecule has 61 heavy (non-hydrogen) atoms. The predicted octanol–water partition coefficient (Wildman–Crippen LogP) is 9.65. The molecule has 3 heterocycles. The number of aromatic hydroxyl groups is 1. The number of aryl methyl sites for hydroxylation is 1. The van der Waals surface area contributed by atoms with Crippen molar-refractivity contribution in [2.45, 2.75) is 49.6 Å². The van der Waals surface area contributed by atoms with E-state index in [1.807, 2.05) is 0 Å². The van der Waals surface area contributed by atoms with Crippen molar-refractivity contribution in [3.05, 3.63) is 128 Å². The Kier molecular flexibility index (Phi) is 9.81.